The molecule has 0 aliphatic carbocycles. The highest BCUT2D eigenvalue weighted by atomic mass is 19.4. The highest BCUT2D eigenvalue weighted by molar-refractivity contribution is 5.68. The van der Waals surface area contributed by atoms with Crippen molar-refractivity contribution in [3.8, 4) is 0 Å². The lowest BCUT2D eigenvalue weighted by Gasteiger charge is -2.36. The minimum atomic E-state index is -4.98. The lowest BCUT2D eigenvalue weighted by Crippen LogP contribution is -2.49. The zero-order valence-corrected chi connectivity index (χ0v) is 18.0. The summed E-state index contributed by atoms with van der Waals surface area (Å²) in [6.07, 6.45) is -10.8. The van der Waals surface area contributed by atoms with Crippen molar-refractivity contribution in [1.82, 2.24) is 15.3 Å². The molecule has 34 heavy (non-hydrogen) atoms. The lowest BCUT2D eigenvalue weighted by molar-refractivity contribution is -0.143. The number of hydrogen-bond acceptors (Lipinski definition) is 4. The van der Waals surface area contributed by atoms with E-state index in [1.807, 2.05) is 0 Å². The van der Waals surface area contributed by atoms with Crippen LogP contribution in [0.25, 0.3) is 0 Å². The predicted octanol–water partition coefficient (Wildman–Crippen LogP) is 5.32. The van der Waals surface area contributed by atoms with E-state index in [0.29, 0.717) is 30.8 Å². The third kappa shape index (κ3) is 6.38. The van der Waals surface area contributed by atoms with Crippen molar-refractivity contribution in [3.63, 3.8) is 0 Å². The number of hydrogen-bond donors (Lipinski definition) is 1. The molecule has 5 nitrogen and oxygen atoms in total. The van der Waals surface area contributed by atoms with E-state index in [-0.39, 0.29) is 18.2 Å². The van der Waals surface area contributed by atoms with Crippen LogP contribution < -0.4 is 5.32 Å². The van der Waals surface area contributed by atoms with E-state index < -0.39 is 48.8 Å². The number of carbonyl (C=O) groups excluding carboxylic acids is 1. The second kappa shape index (κ2) is 10.2. The summed E-state index contributed by atoms with van der Waals surface area (Å²) in [6.45, 7) is -0.0349. The minimum Gasteiger partial charge on any atom is -0.351 e. The van der Waals surface area contributed by atoms with Gasteiger partial charge >= 0.3 is 18.4 Å². The van der Waals surface area contributed by atoms with Gasteiger partial charge in [0, 0.05) is 26.7 Å². The molecular formula is C22H22F7N3O2. The van der Waals surface area contributed by atoms with Gasteiger partial charge in [-0.1, -0.05) is 24.3 Å². The fourth-order valence-electron chi connectivity index (χ4n) is 3.64. The molecule has 0 spiro atoms. The normalized spacial score (nSPS) is 17.2. The van der Waals surface area contributed by atoms with Gasteiger partial charge in [0.25, 0.3) is 0 Å². The summed E-state index contributed by atoms with van der Waals surface area (Å²) in [5.41, 5.74) is -2.03. The Kier molecular flexibility index (Phi) is 7.71. The smallest absolute Gasteiger partial charge is 0.351 e. The minimum absolute atomic E-state index is 0.0367. The molecule has 2 aromatic carbocycles. The first-order valence-electron chi connectivity index (χ1n) is 10.2. The number of nitrogens with one attached hydrogen (secondary N) is 1. The van der Waals surface area contributed by atoms with Crippen LogP contribution in [0.2, 0.25) is 0 Å². The van der Waals surface area contributed by atoms with Gasteiger partial charge in [0.15, 0.2) is 0 Å². The maximum atomic E-state index is 13.1. The number of piperazine rings is 1. The van der Waals surface area contributed by atoms with Crippen molar-refractivity contribution in [2.75, 3.05) is 26.7 Å². The second-order valence-electron chi connectivity index (χ2n) is 7.85. The highest BCUT2D eigenvalue weighted by Gasteiger charge is 2.37. The van der Waals surface area contributed by atoms with Crippen LogP contribution in [0, 0.1) is 0 Å². The van der Waals surface area contributed by atoms with Gasteiger partial charge in [0.1, 0.15) is 6.67 Å². The average molecular weight is 493 g/mol. The Morgan fingerprint density at radius 1 is 1.03 bits per heavy atom. The third-order valence-corrected chi connectivity index (χ3v) is 5.28. The number of carbonyl (C=O) groups is 1. The van der Waals surface area contributed by atoms with E-state index >= 15 is 0 Å². The van der Waals surface area contributed by atoms with Crippen LogP contribution in [0.3, 0.4) is 0 Å². The number of benzene rings is 2. The summed E-state index contributed by atoms with van der Waals surface area (Å²) in [5.74, 6) is 0. The van der Waals surface area contributed by atoms with E-state index in [4.69, 9.17) is 4.84 Å². The fraction of sp³-hybridized carbons (Fsp3) is 0.409. The summed E-state index contributed by atoms with van der Waals surface area (Å²) >= 11 is 0. The summed E-state index contributed by atoms with van der Waals surface area (Å²) in [5, 5.41) is 4.01. The van der Waals surface area contributed by atoms with Crippen LogP contribution in [0.4, 0.5) is 35.5 Å². The molecule has 1 atom stereocenters. The van der Waals surface area contributed by atoms with Crippen molar-refractivity contribution >= 4 is 6.09 Å². The Labute approximate surface area is 191 Å². The molecular weight excluding hydrogens is 471 g/mol. The molecule has 12 heteroatoms. The number of halogens is 7. The van der Waals surface area contributed by atoms with Gasteiger partial charge in [0.2, 0.25) is 0 Å². The highest BCUT2D eigenvalue weighted by Crippen LogP contribution is 2.36. The van der Waals surface area contributed by atoms with Gasteiger partial charge in [-0.2, -0.15) is 26.3 Å². The van der Waals surface area contributed by atoms with Crippen molar-refractivity contribution < 1.29 is 40.4 Å². The van der Waals surface area contributed by atoms with E-state index in [1.165, 1.54) is 11.9 Å². The zero-order valence-electron chi connectivity index (χ0n) is 18.0. The van der Waals surface area contributed by atoms with Gasteiger partial charge in [0.05, 0.1) is 23.7 Å². The number of alkyl halides is 7. The number of amides is 1. The Morgan fingerprint density at radius 2 is 1.62 bits per heavy atom. The predicted molar refractivity (Wildman–Crippen MR) is 108 cm³/mol. The summed E-state index contributed by atoms with van der Waals surface area (Å²) in [6, 6.07) is 7.29. The first kappa shape index (κ1) is 25.8. The molecule has 1 saturated heterocycles. The molecule has 3 rings (SSSR count). The van der Waals surface area contributed by atoms with Gasteiger partial charge in [-0.25, -0.2) is 9.18 Å². The van der Waals surface area contributed by atoms with Crippen LogP contribution in [0.15, 0.2) is 42.5 Å². The first-order chi connectivity index (χ1) is 15.9. The molecule has 1 aliphatic heterocycles. The van der Waals surface area contributed by atoms with Crippen molar-refractivity contribution in [2.45, 2.75) is 31.6 Å². The van der Waals surface area contributed by atoms with Crippen LogP contribution >= 0.6 is 0 Å². The molecule has 0 aromatic heterocycles. The Balaban J connectivity index is 1.74. The Bertz CT molecular complexity index is 961. The van der Waals surface area contributed by atoms with Crippen molar-refractivity contribution in [1.29, 1.82) is 0 Å². The SMILES string of the molecule is CN(Cc1cc(C(F)(F)F)cc(C(F)(F)F)c1)OC(=O)N1CCNCC1c1ccc(CF)cc1. The number of hydroxylamine groups is 2. The van der Waals surface area contributed by atoms with Gasteiger partial charge in [-0.15, -0.1) is 5.06 Å². The maximum absolute atomic E-state index is 13.1. The van der Waals surface area contributed by atoms with Crippen LogP contribution in [-0.2, 0) is 30.4 Å². The molecule has 0 saturated carbocycles. The summed E-state index contributed by atoms with van der Waals surface area (Å²) in [4.78, 5) is 19.4. The Morgan fingerprint density at radius 3 is 2.15 bits per heavy atom. The van der Waals surface area contributed by atoms with E-state index in [2.05, 4.69) is 5.32 Å². The van der Waals surface area contributed by atoms with Crippen molar-refractivity contribution in [3.05, 3.63) is 70.3 Å². The van der Waals surface area contributed by atoms with E-state index in [1.54, 1.807) is 24.3 Å². The number of rotatable bonds is 5. The molecule has 0 radical (unpaired) electrons. The maximum Gasteiger partial charge on any atom is 0.429 e. The molecule has 1 aliphatic rings. The molecule has 1 amide bonds. The topological polar surface area (TPSA) is 44.8 Å². The molecule has 186 valence electrons. The summed E-state index contributed by atoms with van der Waals surface area (Å²) in [7, 11) is 1.23. The molecule has 0 bridgehead atoms. The summed E-state index contributed by atoms with van der Waals surface area (Å²) < 4.78 is 91.3. The van der Waals surface area contributed by atoms with Crippen molar-refractivity contribution in [2.24, 2.45) is 0 Å². The van der Waals surface area contributed by atoms with Gasteiger partial charge < -0.3 is 10.2 Å². The molecule has 1 heterocycles. The van der Waals surface area contributed by atoms with Crippen LogP contribution in [0.1, 0.15) is 33.9 Å². The second-order valence-corrected chi connectivity index (χ2v) is 7.85. The monoisotopic (exact) mass is 493 g/mol. The quantitative estimate of drug-likeness (QED) is 0.452. The average Bonchev–Trinajstić information content (AvgIpc) is 2.77. The van der Waals surface area contributed by atoms with Gasteiger partial charge in [-0.05, 0) is 34.9 Å². The van der Waals surface area contributed by atoms with E-state index in [9.17, 15) is 35.5 Å². The van der Waals surface area contributed by atoms with Gasteiger partial charge in [-0.3, -0.25) is 4.90 Å². The zero-order chi connectivity index (χ0) is 25.1. The number of nitrogens with zero attached hydrogens (tertiary/aromatic N) is 2. The lowest BCUT2D eigenvalue weighted by atomic mass is 10.0. The molecule has 1 unspecified atom stereocenters. The molecule has 1 fully saturated rings. The fourth-order valence-corrected chi connectivity index (χ4v) is 3.64. The largest absolute Gasteiger partial charge is 0.429 e. The van der Waals surface area contributed by atoms with Crippen LogP contribution in [0.5, 0.6) is 0 Å². The van der Waals surface area contributed by atoms with E-state index in [0.717, 1.165) is 10.6 Å². The first-order valence-corrected chi connectivity index (χ1v) is 10.2. The Hall–Kier alpha value is -2.86. The van der Waals surface area contributed by atoms with Crippen LogP contribution in [-0.4, -0.2) is 42.7 Å². The standard InChI is InChI=1S/C22H22F7N3O2/c1-31(13-15-8-17(21(24,25)26)10-18(9-15)22(27,28)29)34-20(33)32-7-6-30-12-19(32)16-4-2-14(11-23)3-5-16/h2-5,8-10,19,30H,6-7,11-13H2,1H3. The molecule has 2 aromatic rings. The molecule has 1 N–H and O–H groups in total. The third-order valence-electron chi connectivity index (χ3n) is 5.28.